The van der Waals surface area contributed by atoms with Crippen molar-refractivity contribution >= 4 is 28.4 Å². The SMILES string of the molecule is CCC(C)(C)C1CCC(=O)CC1I. The van der Waals surface area contributed by atoms with E-state index in [2.05, 4.69) is 43.4 Å². The van der Waals surface area contributed by atoms with Gasteiger partial charge in [0.1, 0.15) is 5.78 Å². The fraction of sp³-hybridized carbons (Fsp3) is 0.909. The van der Waals surface area contributed by atoms with E-state index in [1.165, 1.54) is 6.42 Å². The summed E-state index contributed by atoms with van der Waals surface area (Å²) in [7, 11) is 0. The maximum absolute atomic E-state index is 11.2. The van der Waals surface area contributed by atoms with Gasteiger partial charge in [0.25, 0.3) is 0 Å². The van der Waals surface area contributed by atoms with E-state index < -0.39 is 0 Å². The molecule has 0 aromatic heterocycles. The van der Waals surface area contributed by atoms with Crippen molar-refractivity contribution in [3.63, 3.8) is 0 Å². The third-order valence-corrected chi connectivity index (χ3v) is 4.82. The molecule has 1 saturated carbocycles. The van der Waals surface area contributed by atoms with Gasteiger partial charge in [0.2, 0.25) is 0 Å². The van der Waals surface area contributed by atoms with Crippen molar-refractivity contribution in [2.45, 2.75) is 50.4 Å². The molecule has 0 spiro atoms. The van der Waals surface area contributed by atoms with Crippen molar-refractivity contribution in [3.05, 3.63) is 0 Å². The van der Waals surface area contributed by atoms with Gasteiger partial charge in [0.05, 0.1) is 0 Å². The third kappa shape index (κ3) is 2.67. The second-order valence-electron chi connectivity index (χ2n) is 4.75. The zero-order valence-electron chi connectivity index (χ0n) is 8.77. The van der Waals surface area contributed by atoms with Crippen molar-refractivity contribution in [1.29, 1.82) is 0 Å². The molecule has 0 aliphatic heterocycles. The minimum Gasteiger partial charge on any atom is -0.300 e. The summed E-state index contributed by atoms with van der Waals surface area (Å²) in [6.45, 7) is 6.91. The first-order valence-corrected chi connectivity index (χ1v) is 6.37. The minimum absolute atomic E-state index is 0.409. The smallest absolute Gasteiger partial charge is 0.133 e. The fourth-order valence-electron chi connectivity index (χ4n) is 2.10. The van der Waals surface area contributed by atoms with E-state index in [4.69, 9.17) is 0 Å². The highest BCUT2D eigenvalue weighted by Crippen LogP contribution is 2.42. The van der Waals surface area contributed by atoms with Crippen LogP contribution >= 0.6 is 22.6 Å². The third-order valence-electron chi connectivity index (χ3n) is 3.51. The van der Waals surface area contributed by atoms with Crippen LogP contribution in [0.2, 0.25) is 0 Å². The molecule has 0 aromatic carbocycles. The highest BCUT2D eigenvalue weighted by molar-refractivity contribution is 14.1. The van der Waals surface area contributed by atoms with Crippen LogP contribution in [0.3, 0.4) is 0 Å². The predicted molar refractivity (Wildman–Crippen MR) is 64.2 cm³/mol. The Balaban J connectivity index is 2.65. The molecule has 1 nitrogen and oxygen atoms in total. The molecule has 0 radical (unpaired) electrons. The van der Waals surface area contributed by atoms with E-state index in [0.29, 0.717) is 15.1 Å². The van der Waals surface area contributed by atoms with Crippen LogP contribution in [0.5, 0.6) is 0 Å². The quantitative estimate of drug-likeness (QED) is 0.562. The van der Waals surface area contributed by atoms with Crippen molar-refractivity contribution < 1.29 is 4.79 Å². The lowest BCUT2D eigenvalue weighted by Crippen LogP contribution is -2.35. The molecule has 1 fully saturated rings. The van der Waals surface area contributed by atoms with Gasteiger partial charge in [0.15, 0.2) is 0 Å². The lowest BCUT2D eigenvalue weighted by atomic mass is 9.69. The van der Waals surface area contributed by atoms with Gasteiger partial charge in [-0.25, -0.2) is 0 Å². The molecule has 13 heavy (non-hydrogen) atoms. The van der Waals surface area contributed by atoms with Crippen molar-refractivity contribution in [2.75, 3.05) is 0 Å². The van der Waals surface area contributed by atoms with Crippen LogP contribution < -0.4 is 0 Å². The topological polar surface area (TPSA) is 17.1 Å². The summed E-state index contributed by atoms with van der Waals surface area (Å²) in [5, 5.41) is 0. The Hall–Kier alpha value is 0.400. The van der Waals surface area contributed by atoms with E-state index in [-0.39, 0.29) is 0 Å². The van der Waals surface area contributed by atoms with Gasteiger partial charge >= 0.3 is 0 Å². The molecule has 2 heteroatoms. The number of ketones is 1. The predicted octanol–water partition coefficient (Wildman–Crippen LogP) is 3.60. The minimum atomic E-state index is 0.409. The van der Waals surface area contributed by atoms with Crippen LogP contribution in [0.1, 0.15) is 46.5 Å². The Kier molecular flexibility index (Phi) is 3.78. The highest BCUT2D eigenvalue weighted by atomic mass is 127. The van der Waals surface area contributed by atoms with E-state index in [9.17, 15) is 4.79 Å². The van der Waals surface area contributed by atoms with Gasteiger partial charge in [-0.3, -0.25) is 4.79 Å². The molecule has 0 saturated heterocycles. The monoisotopic (exact) mass is 294 g/mol. The van der Waals surface area contributed by atoms with Gasteiger partial charge < -0.3 is 0 Å². The largest absolute Gasteiger partial charge is 0.300 e. The van der Waals surface area contributed by atoms with Crippen LogP contribution in [0.4, 0.5) is 0 Å². The van der Waals surface area contributed by atoms with Crippen LogP contribution in [0.15, 0.2) is 0 Å². The Morgan fingerprint density at radius 1 is 1.54 bits per heavy atom. The molecule has 2 unspecified atom stereocenters. The van der Waals surface area contributed by atoms with E-state index >= 15 is 0 Å². The normalized spacial score (nSPS) is 30.6. The number of halogens is 1. The van der Waals surface area contributed by atoms with Gasteiger partial charge in [-0.2, -0.15) is 0 Å². The maximum atomic E-state index is 11.2. The average molecular weight is 294 g/mol. The summed E-state index contributed by atoms with van der Waals surface area (Å²) in [5.74, 6) is 1.19. The maximum Gasteiger partial charge on any atom is 0.133 e. The molecule has 0 bridgehead atoms. The Morgan fingerprint density at radius 2 is 2.15 bits per heavy atom. The first-order valence-electron chi connectivity index (χ1n) is 5.13. The molecule has 1 aliphatic carbocycles. The number of hydrogen-bond acceptors (Lipinski definition) is 1. The highest BCUT2D eigenvalue weighted by Gasteiger charge is 2.36. The van der Waals surface area contributed by atoms with Crippen molar-refractivity contribution in [1.82, 2.24) is 0 Å². The standard InChI is InChI=1S/C11H19IO/c1-4-11(2,3)9-6-5-8(13)7-10(9)12/h9-10H,4-7H2,1-3H3. The Labute approximate surface area is 94.8 Å². The summed E-state index contributed by atoms with van der Waals surface area (Å²) >= 11 is 2.46. The molecular formula is C11H19IO. The first-order chi connectivity index (χ1) is 5.97. The average Bonchev–Trinajstić information content (AvgIpc) is 2.03. The van der Waals surface area contributed by atoms with E-state index in [1.54, 1.807) is 0 Å². The molecular weight excluding hydrogens is 275 g/mol. The van der Waals surface area contributed by atoms with Gasteiger partial charge in [-0.1, -0.05) is 49.8 Å². The molecule has 0 aromatic rings. The second kappa shape index (κ2) is 4.28. The lowest BCUT2D eigenvalue weighted by molar-refractivity contribution is -0.121. The number of carbonyl (C=O) groups is 1. The Morgan fingerprint density at radius 3 is 2.62 bits per heavy atom. The number of rotatable bonds is 2. The zero-order chi connectivity index (χ0) is 10.1. The molecule has 2 atom stereocenters. The first kappa shape index (κ1) is 11.5. The van der Waals surface area contributed by atoms with Crippen molar-refractivity contribution in [3.8, 4) is 0 Å². The molecule has 0 amide bonds. The van der Waals surface area contributed by atoms with Crippen LogP contribution in [0, 0.1) is 11.3 Å². The zero-order valence-corrected chi connectivity index (χ0v) is 10.9. The Bertz CT molecular complexity index is 198. The molecule has 1 aliphatic rings. The van der Waals surface area contributed by atoms with Gasteiger partial charge in [0, 0.05) is 16.8 Å². The summed E-state index contributed by atoms with van der Waals surface area (Å²) in [5.41, 5.74) is 0.409. The van der Waals surface area contributed by atoms with E-state index in [1.807, 2.05) is 0 Å². The lowest BCUT2D eigenvalue weighted by Gasteiger charge is -2.39. The van der Waals surface area contributed by atoms with Gasteiger partial charge in [-0.05, 0) is 17.8 Å². The summed E-state index contributed by atoms with van der Waals surface area (Å²) in [6.07, 6.45) is 3.93. The number of hydrogen-bond donors (Lipinski definition) is 0. The van der Waals surface area contributed by atoms with Crippen molar-refractivity contribution in [2.24, 2.45) is 11.3 Å². The van der Waals surface area contributed by atoms with Gasteiger partial charge in [-0.15, -0.1) is 0 Å². The second-order valence-corrected chi connectivity index (χ2v) is 6.35. The van der Waals surface area contributed by atoms with Crippen LogP contribution in [-0.4, -0.2) is 9.71 Å². The molecule has 0 N–H and O–H groups in total. The number of Topliss-reactive ketones (excluding diaryl/α,β-unsaturated/α-hetero) is 1. The number of alkyl halides is 1. The van der Waals surface area contributed by atoms with Crippen LogP contribution in [-0.2, 0) is 4.79 Å². The van der Waals surface area contributed by atoms with E-state index in [0.717, 1.165) is 25.2 Å². The summed E-state index contributed by atoms with van der Waals surface area (Å²) < 4.78 is 0.564. The number of carbonyl (C=O) groups excluding carboxylic acids is 1. The molecule has 76 valence electrons. The summed E-state index contributed by atoms with van der Waals surface area (Å²) in [4.78, 5) is 11.2. The van der Waals surface area contributed by atoms with Crippen LogP contribution in [0.25, 0.3) is 0 Å². The summed E-state index contributed by atoms with van der Waals surface area (Å²) in [6, 6.07) is 0. The fourth-order valence-corrected chi connectivity index (χ4v) is 3.93. The molecule has 0 heterocycles. The molecule has 1 rings (SSSR count).